The van der Waals surface area contributed by atoms with Gasteiger partial charge < -0.3 is 25.0 Å². The zero-order valence-corrected chi connectivity index (χ0v) is 22.2. The molecule has 0 spiro atoms. The van der Waals surface area contributed by atoms with Crippen LogP contribution in [0.3, 0.4) is 0 Å². The van der Waals surface area contributed by atoms with Crippen molar-refractivity contribution in [1.82, 2.24) is 20.8 Å². The van der Waals surface area contributed by atoms with Crippen LogP contribution in [0, 0.1) is 12.8 Å². The number of nitrogens with zero attached hydrogens (tertiary/aromatic N) is 3. The second-order valence-electron chi connectivity index (χ2n) is 9.02. The zero-order valence-electron chi connectivity index (χ0n) is 22.2. The SMILES string of the molecule is COc1ccc(CC(=O)NC(N)=NC(C(=O)NCc2ccccc2)C(c2noc(C)n2)C(C)C)cc1OC. The maximum absolute atomic E-state index is 13.4. The van der Waals surface area contributed by atoms with Crippen LogP contribution < -0.4 is 25.8 Å². The third-order valence-corrected chi connectivity index (χ3v) is 5.84. The summed E-state index contributed by atoms with van der Waals surface area (Å²) in [5.74, 6) is 0.137. The smallest absolute Gasteiger partial charge is 0.245 e. The van der Waals surface area contributed by atoms with E-state index < -0.39 is 17.9 Å². The molecule has 2 atom stereocenters. The minimum atomic E-state index is -1.02. The van der Waals surface area contributed by atoms with Gasteiger partial charge in [-0.2, -0.15) is 4.98 Å². The number of guanidine groups is 1. The van der Waals surface area contributed by atoms with Gasteiger partial charge in [-0.1, -0.05) is 55.4 Å². The largest absolute Gasteiger partial charge is 0.493 e. The molecule has 2 amide bonds. The van der Waals surface area contributed by atoms with Crippen LogP contribution in [-0.4, -0.2) is 48.2 Å². The molecule has 11 nitrogen and oxygen atoms in total. The quantitative estimate of drug-likeness (QED) is 0.256. The predicted molar refractivity (Wildman–Crippen MR) is 142 cm³/mol. The summed E-state index contributed by atoms with van der Waals surface area (Å²) in [4.78, 5) is 34.9. The van der Waals surface area contributed by atoms with E-state index in [0.717, 1.165) is 5.56 Å². The van der Waals surface area contributed by atoms with Gasteiger partial charge in [-0.3, -0.25) is 14.9 Å². The summed E-state index contributed by atoms with van der Waals surface area (Å²) in [6.45, 7) is 5.82. The van der Waals surface area contributed by atoms with E-state index in [1.165, 1.54) is 14.2 Å². The van der Waals surface area contributed by atoms with Crippen molar-refractivity contribution >= 4 is 17.8 Å². The molecule has 0 saturated heterocycles. The number of rotatable bonds is 11. The number of hydrogen-bond acceptors (Lipinski definition) is 8. The molecule has 0 radical (unpaired) electrons. The summed E-state index contributed by atoms with van der Waals surface area (Å²) in [5, 5.41) is 9.51. The molecule has 0 bridgehead atoms. The number of nitrogens with one attached hydrogen (secondary N) is 2. The highest BCUT2D eigenvalue weighted by atomic mass is 16.5. The van der Waals surface area contributed by atoms with E-state index in [4.69, 9.17) is 19.7 Å². The molecule has 4 N–H and O–H groups in total. The molecule has 1 heterocycles. The van der Waals surface area contributed by atoms with Gasteiger partial charge in [-0.25, -0.2) is 4.99 Å². The van der Waals surface area contributed by atoms with E-state index >= 15 is 0 Å². The van der Waals surface area contributed by atoms with E-state index in [0.29, 0.717) is 35.3 Å². The van der Waals surface area contributed by atoms with Crippen LogP contribution >= 0.6 is 0 Å². The second kappa shape index (κ2) is 13.2. The fourth-order valence-corrected chi connectivity index (χ4v) is 3.99. The van der Waals surface area contributed by atoms with Crippen LogP contribution in [-0.2, 0) is 22.6 Å². The number of carbonyl (C=O) groups is 2. The molecule has 0 aliphatic rings. The number of ether oxygens (including phenoxy) is 2. The van der Waals surface area contributed by atoms with E-state index in [2.05, 4.69) is 25.8 Å². The van der Waals surface area contributed by atoms with Gasteiger partial charge in [-0.05, 0) is 29.2 Å². The van der Waals surface area contributed by atoms with Crippen molar-refractivity contribution in [2.24, 2.45) is 16.6 Å². The fraction of sp³-hybridized carbons (Fsp3) is 0.370. The lowest BCUT2D eigenvalue weighted by Gasteiger charge is -2.24. The first-order valence-corrected chi connectivity index (χ1v) is 12.2. The Morgan fingerprint density at radius 3 is 2.37 bits per heavy atom. The van der Waals surface area contributed by atoms with Crippen molar-refractivity contribution in [3.63, 3.8) is 0 Å². The average Bonchev–Trinajstić information content (AvgIpc) is 3.32. The van der Waals surface area contributed by atoms with Crippen LogP contribution in [0.15, 0.2) is 58.0 Å². The van der Waals surface area contributed by atoms with Gasteiger partial charge in [0.25, 0.3) is 0 Å². The number of aryl methyl sites for hydroxylation is 1. The van der Waals surface area contributed by atoms with Crippen LogP contribution in [0.2, 0.25) is 0 Å². The molecule has 3 rings (SSSR count). The Bertz CT molecular complexity index is 1260. The lowest BCUT2D eigenvalue weighted by Crippen LogP contribution is -2.44. The molecule has 0 aliphatic carbocycles. The summed E-state index contributed by atoms with van der Waals surface area (Å²) >= 11 is 0. The summed E-state index contributed by atoms with van der Waals surface area (Å²) in [7, 11) is 3.06. The van der Waals surface area contributed by atoms with E-state index in [1.54, 1.807) is 25.1 Å². The van der Waals surface area contributed by atoms with E-state index in [1.807, 2.05) is 44.2 Å². The highest BCUT2D eigenvalue weighted by Gasteiger charge is 2.35. The van der Waals surface area contributed by atoms with Gasteiger partial charge >= 0.3 is 0 Å². The molecular weight excluding hydrogens is 488 g/mol. The van der Waals surface area contributed by atoms with E-state index in [9.17, 15) is 9.59 Å². The molecule has 11 heteroatoms. The number of methoxy groups -OCH3 is 2. The van der Waals surface area contributed by atoms with Crippen molar-refractivity contribution in [3.8, 4) is 11.5 Å². The predicted octanol–water partition coefficient (Wildman–Crippen LogP) is 2.49. The lowest BCUT2D eigenvalue weighted by molar-refractivity contribution is -0.123. The van der Waals surface area contributed by atoms with Crippen LogP contribution in [0.1, 0.15) is 42.6 Å². The molecule has 0 fully saturated rings. The Balaban J connectivity index is 1.81. The topological polar surface area (TPSA) is 154 Å². The van der Waals surface area contributed by atoms with Crippen molar-refractivity contribution < 1.29 is 23.6 Å². The minimum Gasteiger partial charge on any atom is -0.493 e. The Kier molecular flexibility index (Phi) is 9.80. The Hall–Kier alpha value is -4.41. The number of benzene rings is 2. The van der Waals surface area contributed by atoms with E-state index in [-0.39, 0.29) is 24.2 Å². The summed E-state index contributed by atoms with van der Waals surface area (Å²) < 4.78 is 15.7. The molecule has 202 valence electrons. The van der Waals surface area contributed by atoms with Crippen LogP contribution in [0.4, 0.5) is 0 Å². The van der Waals surface area contributed by atoms with Crippen molar-refractivity contribution in [3.05, 3.63) is 71.4 Å². The van der Waals surface area contributed by atoms with Crippen molar-refractivity contribution in [2.45, 2.75) is 45.7 Å². The third kappa shape index (κ3) is 7.55. The van der Waals surface area contributed by atoms with Gasteiger partial charge in [0.15, 0.2) is 23.3 Å². The molecule has 0 aliphatic heterocycles. The lowest BCUT2D eigenvalue weighted by atomic mass is 9.87. The van der Waals surface area contributed by atoms with Crippen molar-refractivity contribution in [1.29, 1.82) is 0 Å². The monoisotopic (exact) mass is 522 g/mol. The Morgan fingerprint density at radius 1 is 1.05 bits per heavy atom. The third-order valence-electron chi connectivity index (χ3n) is 5.84. The molecule has 2 unspecified atom stereocenters. The number of nitrogens with two attached hydrogens (primary N) is 1. The number of hydrogen-bond donors (Lipinski definition) is 3. The maximum Gasteiger partial charge on any atom is 0.245 e. The van der Waals surface area contributed by atoms with Gasteiger partial charge in [-0.15, -0.1) is 0 Å². The highest BCUT2D eigenvalue weighted by Crippen LogP contribution is 2.29. The number of amides is 2. The zero-order chi connectivity index (χ0) is 27.7. The standard InChI is InChI=1S/C27H34N6O5/c1-16(2)23(25-30-17(3)38-33-25)24(26(35)29-15-18-9-7-6-8-10-18)32-27(28)31-22(34)14-19-11-12-20(36-4)21(13-19)37-5/h6-13,16,23-24H,14-15H2,1-5H3,(H,29,35)(H3,28,31,32,34). The summed E-state index contributed by atoms with van der Waals surface area (Å²) in [5.41, 5.74) is 7.74. The molecule has 3 aromatic rings. The number of carbonyl (C=O) groups excluding carboxylic acids is 2. The fourth-order valence-electron chi connectivity index (χ4n) is 3.99. The second-order valence-corrected chi connectivity index (χ2v) is 9.02. The summed E-state index contributed by atoms with van der Waals surface area (Å²) in [6, 6.07) is 13.7. The first-order chi connectivity index (χ1) is 18.2. The first-order valence-electron chi connectivity index (χ1n) is 12.2. The normalized spacial score (nSPS) is 13.1. The highest BCUT2D eigenvalue weighted by molar-refractivity contribution is 5.98. The minimum absolute atomic E-state index is 0.0130. The molecule has 38 heavy (non-hydrogen) atoms. The molecular formula is C27H34N6O5. The maximum atomic E-state index is 13.4. The van der Waals surface area contributed by atoms with Crippen LogP contribution in [0.5, 0.6) is 11.5 Å². The molecule has 1 aromatic heterocycles. The van der Waals surface area contributed by atoms with Gasteiger partial charge in [0.05, 0.1) is 26.6 Å². The Morgan fingerprint density at radius 2 is 1.76 bits per heavy atom. The van der Waals surface area contributed by atoms with Gasteiger partial charge in [0.1, 0.15) is 6.04 Å². The van der Waals surface area contributed by atoms with Gasteiger partial charge in [0, 0.05) is 13.5 Å². The Labute approximate surface area is 221 Å². The number of aliphatic imine (C=N–C) groups is 1. The summed E-state index contributed by atoms with van der Waals surface area (Å²) in [6.07, 6.45) is 0.0130. The number of aromatic nitrogens is 2. The van der Waals surface area contributed by atoms with Crippen LogP contribution in [0.25, 0.3) is 0 Å². The van der Waals surface area contributed by atoms with Gasteiger partial charge in [0.2, 0.25) is 17.7 Å². The average molecular weight is 523 g/mol. The first kappa shape index (κ1) is 28.2. The molecule has 2 aromatic carbocycles. The molecule has 0 saturated carbocycles. The van der Waals surface area contributed by atoms with Crippen molar-refractivity contribution in [2.75, 3.05) is 14.2 Å².